The zero-order chi connectivity index (χ0) is 19.0. The fourth-order valence-corrected chi connectivity index (χ4v) is 4.31. The third-order valence-corrected chi connectivity index (χ3v) is 5.63. The van der Waals surface area contributed by atoms with Crippen LogP contribution in [0.2, 0.25) is 0 Å². The standard InChI is InChI=1S/C22H21F4N/c23-21-10-9-17(22(24,25)26)13-20(21)16-11-18-7-4-8-19(12-16)27(18)14-15-5-2-1-3-6-15/h1-3,5-6,9-11,13,18-19H,4,7-8,12,14H2. The summed E-state index contributed by atoms with van der Waals surface area (Å²) < 4.78 is 53.5. The maximum atomic E-state index is 14.3. The van der Waals surface area contributed by atoms with E-state index in [4.69, 9.17) is 0 Å². The second-order valence-electron chi connectivity index (χ2n) is 7.40. The van der Waals surface area contributed by atoms with Crippen molar-refractivity contribution in [3.05, 3.63) is 77.1 Å². The number of hydrogen-bond acceptors (Lipinski definition) is 1. The fourth-order valence-electron chi connectivity index (χ4n) is 4.31. The molecular formula is C22H21F4N. The van der Waals surface area contributed by atoms with Crippen LogP contribution >= 0.6 is 0 Å². The molecule has 1 nitrogen and oxygen atoms in total. The van der Waals surface area contributed by atoms with Crippen molar-refractivity contribution < 1.29 is 17.6 Å². The first-order valence-corrected chi connectivity index (χ1v) is 9.29. The second kappa shape index (κ2) is 7.12. The van der Waals surface area contributed by atoms with Gasteiger partial charge in [0.2, 0.25) is 0 Å². The minimum atomic E-state index is -4.47. The van der Waals surface area contributed by atoms with Gasteiger partial charge < -0.3 is 0 Å². The lowest BCUT2D eigenvalue weighted by molar-refractivity contribution is -0.137. The molecule has 2 unspecified atom stereocenters. The summed E-state index contributed by atoms with van der Waals surface area (Å²) in [6.07, 6.45) is 1.13. The van der Waals surface area contributed by atoms with Crippen LogP contribution in [0.4, 0.5) is 17.6 Å². The summed E-state index contributed by atoms with van der Waals surface area (Å²) in [5.74, 6) is -0.580. The molecule has 0 N–H and O–H groups in total. The Bertz CT molecular complexity index is 841. The third-order valence-electron chi connectivity index (χ3n) is 5.63. The highest BCUT2D eigenvalue weighted by Gasteiger charge is 2.36. The molecule has 2 aliphatic rings. The fraction of sp³-hybridized carbons (Fsp3) is 0.364. The lowest BCUT2D eigenvalue weighted by atomic mass is 9.82. The summed E-state index contributed by atoms with van der Waals surface area (Å²) >= 11 is 0. The van der Waals surface area contributed by atoms with Crippen LogP contribution in [0.5, 0.6) is 0 Å². The highest BCUT2D eigenvalue weighted by molar-refractivity contribution is 5.69. The maximum Gasteiger partial charge on any atom is 0.416 e. The summed E-state index contributed by atoms with van der Waals surface area (Å²) in [5.41, 5.74) is 1.23. The van der Waals surface area contributed by atoms with Crippen LogP contribution in [0.1, 0.15) is 42.4 Å². The van der Waals surface area contributed by atoms with Crippen LogP contribution in [-0.2, 0) is 12.7 Å². The molecule has 0 saturated carbocycles. The molecule has 0 amide bonds. The highest BCUT2D eigenvalue weighted by atomic mass is 19.4. The van der Waals surface area contributed by atoms with Gasteiger partial charge in [-0.3, -0.25) is 4.90 Å². The Morgan fingerprint density at radius 3 is 2.48 bits per heavy atom. The molecule has 2 aromatic rings. The van der Waals surface area contributed by atoms with E-state index in [1.54, 1.807) is 0 Å². The van der Waals surface area contributed by atoms with Crippen molar-refractivity contribution >= 4 is 5.57 Å². The van der Waals surface area contributed by atoms with Gasteiger partial charge in [-0.1, -0.05) is 42.8 Å². The number of rotatable bonds is 3. The summed E-state index contributed by atoms with van der Waals surface area (Å²) in [6, 6.07) is 13.2. The van der Waals surface area contributed by atoms with Gasteiger partial charge in [-0.15, -0.1) is 0 Å². The van der Waals surface area contributed by atoms with Gasteiger partial charge in [0.1, 0.15) is 5.82 Å². The molecule has 142 valence electrons. The molecule has 0 radical (unpaired) electrons. The van der Waals surface area contributed by atoms with E-state index < -0.39 is 17.6 Å². The molecule has 0 aliphatic carbocycles. The number of benzene rings is 2. The largest absolute Gasteiger partial charge is 0.416 e. The van der Waals surface area contributed by atoms with Gasteiger partial charge >= 0.3 is 6.18 Å². The maximum absolute atomic E-state index is 14.3. The van der Waals surface area contributed by atoms with Gasteiger partial charge in [0.25, 0.3) is 0 Å². The number of nitrogens with zero attached hydrogens (tertiary/aromatic N) is 1. The highest BCUT2D eigenvalue weighted by Crippen LogP contribution is 2.40. The predicted octanol–water partition coefficient (Wildman–Crippen LogP) is 6.05. The van der Waals surface area contributed by atoms with E-state index in [9.17, 15) is 17.6 Å². The first-order valence-electron chi connectivity index (χ1n) is 9.29. The number of alkyl halides is 3. The van der Waals surface area contributed by atoms with E-state index in [2.05, 4.69) is 17.0 Å². The van der Waals surface area contributed by atoms with Gasteiger partial charge in [-0.2, -0.15) is 13.2 Å². The average molecular weight is 375 g/mol. The SMILES string of the molecule is Fc1ccc(C(F)(F)F)cc1C1=CC2CCCC(C1)N2Cc1ccccc1. The third kappa shape index (κ3) is 3.79. The minimum Gasteiger partial charge on any atom is -0.289 e. The van der Waals surface area contributed by atoms with Crippen LogP contribution in [0.3, 0.4) is 0 Å². The van der Waals surface area contributed by atoms with Gasteiger partial charge in [0.05, 0.1) is 5.56 Å². The first kappa shape index (κ1) is 18.2. The van der Waals surface area contributed by atoms with Gasteiger partial charge in [0, 0.05) is 24.2 Å². The van der Waals surface area contributed by atoms with E-state index in [1.165, 1.54) is 5.56 Å². The molecule has 5 heteroatoms. The van der Waals surface area contributed by atoms with Crippen LogP contribution in [0.15, 0.2) is 54.6 Å². The van der Waals surface area contributed by atoms with E-state index in [0.29, 0.717) is 12.0 Å². The Morgan fingerprint density at radius 1 is 1.00 bits per heavy atom. The summed E-state index contributed by atoms with van der Waals surface area (Å²) in [6.45, 7) is 0.811. The van der Waals surface area contributed by atoms with Crippen molar-refractivity contribution in [2.24, 2.45) is 0 Å². The van der Waals surface area contributed by atoms with E-state index in [0.717, 1.165) is 44.0 Å². The molecule has 2 atom stereocenters. The number of fused-ring (bicyclic) bond motifs is 2. The molecule has 1 fully saturated rings. The van der Waals surface area contributed by atoms with Crippen LogP contribution < -0.4 is 0 Å². The van der Waals surface area contributed by atoms with Crippen molar-refractivity contribution in [1.82, 2.24) is 4.90 Å². The smallest absolute Gasteiger partial charge is 0.289 e. The topological polar surface area (TPSA) is 3.24 Å². The lowest BCUT2D eigenvalue weighted by Gasteiger charge is -2.45. The predicted molar refractivity (Wildman–Crippen MR) is 97.4 cm³/mol. The molecule has 0 aromatic heterocycles. The number of hydrogen-bond donors (Lipinski definition) is 0. The van der Waals surface area contributed by atoms with Crippen molar-refractivity contribution in [3.63, 3.8) is 0 Å². The van der Waals surface area contributed by atoms with Crippen molar-refractivity contribution in [1.29, 1.82) is 0 Å². The molecule has 1 saturated heterocycles. The zero-order valence-corrected chi connectivity index (χ0v) is 14.8. The molecule has 27 heavy (non-hydrogen) atoms. The van der Waals surface area contributed by atoms with Crippen LogP contribution in [-0.4, -0.2) is 17.0 Å². The molecule has 2 bridgehead atoms. The normalized spacial score (nSPS) is 23.2. The van der Waals surface area contributed by atoms with Gasteiger partial charge in [-0.05, 0) is 48.6 Å². The molecule has 2 aromatic carbocycles. The zero-order valence-electron chi connectivity index (χ0n) is 14.8. The number of halogens is 4. The molecular weight excluding hydrogens is 354 g/mol. The van der Waals surface area contributed by atoms with E-state index in [1.807, 2.05) is 24.3 Å². The van der Waals surface area contributed by atoms with Crippen molar-refractivity contribution in [3.8, 4) is 0 Å². The first-order chi connectivity index (χ1) is 12.9. The van der Waals surface area contributed by atoms with Crippen molar-refractivity contribution in [2.75, 3.05) is 0 Å². The van der Waals surface area contributed by atoms with Gasteiger partial charge in [0.15, 0.2) is 0 Å². The van der Waals surface area contributed by atoms with E-state index in [-0.39, 0.29) is 17.6 Å². The second-order valence-corrected chi connectivity index (χ2v) is 7.40. The Balaban J connectivity index is 1.65. The lowest BCUT2D eigenvalue weighted by Crippen LogP contribution is -2.47. The summed E-state index contributed by atoms with van der Waals surface area (Å²) in [5, 5.41) is 0. The Labute approximate surface area is 156 Å². The van der Waals surface area contributed by atoms with Gasteiger partial charge in [-0.25, -0.2) is 4.39 Å². The Morgan fingerprint density at radius 2 is 1.78 bits per heavy atom. The number of piperidine rings is 1. The Kier molecular flexibility index (Phi) is 4.81. The van der Waals surface area contributed by atoms with Crippen molar-refractivity contribution in [2.45, 2.75) is 50.5 Å². The monoisotopic (exact) mass is 375 g/mol. The summed E-state index contributed by atoms with van der Waals surface area (Å²) in [7, 11) is 0. The Hall–Kier alpha value is -2.14. The molecule has 2 aliphatic heterocycles. The van der Waals surface area contributed by atoms with Crippen LogP contribution in [0, 0.1) is 5.82 Å². The summed E-state index contributed by atoms with van der Waals surface area (Å²) in [4.78, 5) is 2.41. The van der Waals surface area contributed by atoms with E-state index >= 15 is 0 Å². The molecule has 0 spiro atoms. The molecule has 2 heterocycles. The molecule has 4 rings (SSSR count). The minimum absolute atomic E-state index is 0.0982. The average Bonchev–Trinajstić information content (AvgIpc) is 2.62. The quantitative estimate of drug-likeness (QED) is 0.590. The van der Waals surface area contributed by atoms with Crippen LogP contribution in [0.25, 0.3) is 5.57 Å².